The summed E-state index contributed by atoms with van der Waals surface area (Å²) in [5.41, 5.74) is -0.941. The van der Waals surface area contributed by atoms with Gasteiger partial charge in [-0.05, 0) is 12.0 Å². The summed E-state index contributed by atoms with van der Waals surface area (Å²) in [5.74, 6) is -2.61. The minimum atomic E-state index is -1.83. The van der Waals surface area contributed by atoms with E-state index in [1.54, 1.807) is 0 Å². The molecule has 0 saturated heterocycles. The summed E-state index contributed by atoms with van der Waals surface area (Å²) >= 11 is 0. The number of esters is 1. The molecule has 114 valence electrons. The molecule has 2 rings (SSSR count). The molecule has 2 atom stereocenters. The van der Waals surface area contributed by atoms with Crippen LogP contribution in [0, 0.1) is 0 Å². The molecule has 0 aromatic heterocycles. The number of aliphatic hydroxyl groups is 3. The highest BCUT2D eigenvalue weighted by Gasteiger charge is 2.54. The third kappa shape index (κ3) is 2.71. The molecule has 1 aromatic rings. The van der Waals surface area contributed by atoms with Crippen molar-refractivity contribution in [2.75, 3.05) is 6.61 Å². The van der Waals surface area contributed by atoms with Gasteiger partial charge in [-0.1, -0.05) is 30.3 Å². The van der Waals surface area contributed by atoms with Crippen molar-refractivity contribution in [3.63, 3.8) is 0 Å². The molecule has 0 amide bonds. The molecule has 0 aliphatic carbocycles. The van der Waals surface area contributed by atoms with Crippen molar-refractivity contribution < 1.29 is 35.0 Å². The zero-order chi connectivity index (χ0) is 15.5. The Labute approximate surface area is 120 Å². The van der Waals surface area contributed by atoms with Crippen LogP contribution >= 0.6 is 0 Å². The molecular weight excluding hydrogens is 280 g/mol. The lowest BCUT2D eigenvalue weighted by molar-refractivity contribution is -0.211. The Bertz CT molecular complexity index is 540. The van der Waals surface area contributed by atoms with E-state index in [1.807, 2.05) is 30.3 Å². The third-order valence-electron chi connectivity index (χ3n) is 3.51. The molecule has 4 N–H and O–H groups in total. The second-order valence-corrected chi connectivity index (χ2v) is 4.73. The smallest absolute Gasteiger partial charge is 0.382 e. The fourth-order valence-corrected chi connectivity index (χ4v) is 2.31. The van der Waals surface area contributed by atoms with Crippen LogP contribution in [0.1, 0.15) is 12.0 Å². The van der Waals surface area contributed by atoms with Gasteiger partial charge in [-0.2, -0.15) is 0 Å². The Kier molecular flexibility index (Phi) is 4.46. The second-order valence-electron chi connectivity index (χ2n) is 4.73. The molecule has 0 unspecified atom stereocenters. The minimum Gasteiger partial charge on any atom is -0.505 e. The summed E-state index contributed by atoms with van der Waals surface area (Å²) in [6.07, 6.45) is -1.16. The molecule has 0 radical (unpaired) electrons. The van der Waals surface area contributed by atoms with Crippen molar-refractivity contribution in [2.24, 2.45) is 0 Å². The number of aliphatic hydroxyl groups excluding tert-OH is 3. The van der Waals surface area contributed by atoms with E-state index < -0.39 is 35.8 Å². The molecule has 21 heavy (non-hydrogen) atoms. The Morgan fingerprint density at radius 2 is 1.95 bits per heavy atom. The quantitative estimate of drug-likeness (QED) is 0.343. The Morgan fingerprint density at radius 1 is 1.29 bits per heavy atom. The van der Waals surface area contributed by atoms with Gasteiger partial charge in [-0.25, -0.2) is 10.1 Å². The Hall–Kier alpha value is -2.09. The van der Waals surface area contributed by atoms with Gasteiger partial charge in [0.05, 0.1) is 6.61 Å². The van der Waals surface area contributed by atoms with E-state index in [0.29, 0.717) is 6.42 Å². The fraction of sp³-hybridized carbons (Fsp3) is 0.357. The first-order valence-electron chi connectivity index (χ1n) is 6.36. The van der Waals surface area contributed by atoms with Crippen LogP contribution < -0.4 is 0 Å². The van der Waals surface area contributed by atoms with Gasteiger partial charge in [0.2, 0.25) is 5.60 Å². The van der Waals surface area contributed by atoms with E-state index in [1.165, 1.54) is 0 Å². The first-order chi connectivity index (χ1) is 10.0. The average Bonchev–Trinajstić information content (AvgIpc) is 2.76. The van der Waals surface area contributed by atoms with Crippen molar-refractivity contribution in [1.29, 1.82) is 0 Å². The number of aryl methyl sites for hydroxylation is 1. The summed E-state index contributed by atoms with van der Waals surface area (Å²) in [5, 5.41) is 37.7. The molecule has 7 heteroatoms. The van der Waals surface area contributed by atoms with Crippen LogP contribution in [0.4, 0.5) is 0 Å². The maximum Gasteiger partial charge on any atom is 0.382 e. The van der Waals surface area contributed by atoms with Crippen LogP contribution in [-0.2, 0) is 20.8 Å². The standard InChI is InChI=1S/C14H16O7/c15-8-10(16)14(7-6-9-4-2-1-3-5-9)12(17)11(21-19)13(18)20-14/h1-5,10,15-17,19H,6-8H2/t10-,14+/m0/s1. The predicted octanol–water partition coefficient (Wildman–Crippen LogP) is 0.527. The molecule has 0 saturated carbocycles. The maximum atomic E-state index is 11.5. The summed E-state index contributed by atoms with van der Waals surface area (Å²) in [4.78, 5) is 15.3. The molecule has 0 spiro atoms. The number of hydrogen-bond acceptors (Lipinski definition) is 7. The van der Waals surface area contributed by atoms with Crippen molar-refractivity contribution in [2.45, 2.75) is 24.5 Å². The summed E-state index contributed by atoms with van der Waals surface area (Å²) in [7, 11) is 0. The molecule has 0 bridgehead atoms. The summed E-state index contributed by atoms with van der Waals surface area (Å²) < 4.78 is 4.98. The molecule has 1 aliphatic heterocycles. The van der Waals surface area contributed by atoms with Crippen molar-refractivity contribution in [1.82, 2.24) is 0 Å². The van der Waals surface area contributed by atoms with Crippen LogP contribution in [-0.4, -0.2) is 44.9 Å². The SMILES string of the molecule is O=C1O[C@](CCc2ccccc2)([C@@H](O)CO)C(O)=C1OO. The lowest BCUT2D eigenvalue weighted by Crippen LogP contribution is -2.47. The van der Waals surface area contributed by atoms with Gasteiger partial charge in [0, 0.05) is 6.42 Å². The number of cyclic esters (lactones) is 1. The van der Waals surface area contributed by atoms with E-state index >= 15 is 0 Å². The molecule has 1 heterocycles. The van der Waals surface area contributed by atoms with Crippen LogP contribution in [0.2, 0.25) is 0 Å². The van der Waals surface area contributed by atoms with E-state index in [-0.39, 0.29) is 6.42 Å². The van der Waals surface area contributed by atoms with Gasteiger partial charge >= 0.3 is 5.97 Å². The van der Waals surface area contributed by atoms with Crippen LogP contribution in [0.3, 0.4) is 0 Å². The molecule has 1 aliphatic rings. The van der Waals surface area contributed by atoms with Gasteiger partial charge < -0.3 is 24.9 Å². The number of carbonyl (C=O) groups excluding carboxylic acids is 1. The van der Waals surface area contributed by atoms with Gasteiger partial charge in [-0.3, -0.25) is 0 Å². The first-order valence-corrected chi connectivity index (χ1v) is 6.36. The highest BCUT2D eigenvalue weighted by molar-refractivity contribution is 5.90. The highest BCUT2D eigenvalue weighted by Crippen LogP contribution is 2.38. The lowest BCUT2D eigenvalue weighted by Gasteiger charge is -2.31. The van der Waals surface area contributed by atoms with E-state index in [9.17, 15) is 15.0 Å². The number of rotatable bonds is 6. The topological polar surface area (TPSA) is 116 Å². The molecule has 1 aromatic carbocycles. The molecule has 7 nitrogen and oxygen atoms in total. The minimum absolute atomic E-state index is 0.0170. The maximum absolute atomic E-state index is 11.5. The normalized spacial score (nSPS) is 23.1. The van der Waals surface area contributed by atoms with E-state index in [4.69, 9.17) is 15.1 Å². The Balaban J connectivity index is 2.28. The van der Waals surface area contributed by atoms with Gasteiger partial charge in [0.25, 0.3) is 5.76 Å². The zero-order valence-corrected chi connectivity index (χ0v) is 11.1. The monoisotopic (exact) mass is 296 g/mol. The largest absolute Gasteiger partial charge is 0.505 e. The zero-order valence-electron chi connectivity index (χ0n) is 11.1. The van der Waals surface area contributed by atoms with E-state index in [0.717, 1.165) is 5.56 Å². The fourth-order valence-electron chi connectivity index (χ4n) is 2.31. The third-order valence-corrected chi connectivity index (χ3v) is 3.51. The summed E-state index contributed by atoms with van der Waals surface area (Å²) in [6, 6.07) is 9.15. The highest BCUT2D eigenvalue weighted by atomic mass is 17.1. The number of ether oxygens (including phenoxy) is 1. The predicted molar refractivity (Wildman–Crippen MR) is 70.0 cm³/mol. The Morgan fingerprint density at radius 3 is 2.48 bits per heavy atom. The van der Waals surface area contributed by atoms with Crippen LogP contribution in [0.5, 0.6) is 0 Å². The van der Waals surface area contributed by atoms with Gasteiger partial charge in [0.1, 0.15) is 6.10 Å². The second kappa shape index (κ2) is 6.13. The van der Waals surface area contributed by atoms with Gasteiger partial charge in [-0.15, -0.1) is 0 Å². The van der Waals surface area contributed by atoms with Crippen molar-refractivity contribution >= 4 is 5.97 Å². The van der Waals surface area contributed by atoms with Gasteiger partial charge in [0.15, 0.2) is 5.76 Å². The first kappa shape index (κ1) is 15.3. The summed E-state index contributed by atoms with van der Waals surface area (Å²) in [6.45, 7) is -0.731. The number of benzene rings is 1. The number of carbonyl (C=O) groups is 1. The average molecular weight is 296 g/mol. The van der Waals surface area contributed by atoms with Crippen molar-refractivity contribution in [3.8, 4) is 0 Å². The lowest BCUT2D eigenvalue weighted by atomic mass is 9.88. The molecule has 0 fully saturated rings. The van der Waals surface area contributed by atoms with Crippen molar-refractivity contribution in [3.05, 3.63) is 47.4 Å². The number of hydrogen-bond donors (Lipinski definition) is 4. The van der Waals surface area contributed by atoms with Crippen LogP contribution in [0.25, 0.3) is 0 Å². The van der Waals surface area contributed by atoms with Crippen LogP contribution in [0.15, 0.2) is 41.9 Å². The van der Waals surface area contributed by atoms with E-state index in [2.05, 4.69) is 4.89 Å². The molecular formula is C14H16O7.